The molecule has 0 aromatic heterocycles. The highest BCUT2D eigenvalue weighted by molar-refractivity contribution is 6.48. The van der Waals surface area contributed by atoms with Crippen LogP contribution >= 0.6 is 23.2 Å². The molecule has 0 spiro atoms. The number of nitro groups is 1. The van der Waals surface area contributed by atoms with E-state index in [4.69, 9.17) is 27.9 Å². The van der Waals surface area contributed by atoms with Gasteiger partial charge in [0, 0.05) is 17.7 Å². The molecule has 0 amide bonds. The van der Waals surface area contributed by atoms with Crippen LogP contribution in [0.2, 0.25) is 0 Å². The number of cyclic esters (lactones) is 1. The summed E-state index contributed by atoms with van der Waals surface area (Å²) in [4.78, 5) is 33.0. The Kier molecular flexibility index (Phi) is 4.06. The van der Waals surface area contributed by atoms with Crippen LogP contribution in [0.25, 0.3) is 0 Å². The van der Waals surface area contributed by atoms with Gasteiger partial charge in [-0.2, -0.15) is 0 Å². The number of carbonyl (C=O) groups is 2. The standard InChI is InChI=1S/C12H7Cl2NO5/c13-10-9(20-12(17)11(10)14)5-8(16)6-1-3-7(4-2-6)15(18)19/h1-4,9H,5H2. The molecule has 0 fully saturated rings. The van der Waals surface area contributed by atoms with Crippen LogP contribution in [-0.2, 0) is 9.53 Å². The van der Waals surface area contributed by atoms with Crippen LogP contribution in [0.1, 0.15) is 16.8 Å². The van der Waals surface area contributed by atoms with E-state index in [9.17, 15) is 19.7 Å². The maximum Gasteiger partial charge on any atom is 0.351 e. The first kappa shape index (κ1) is 14.5. The average molecular weight is 316 g/mol. The second-order valence-corrected chi connectivity index (χ2v) is 4.77. The average Bonchev–Trinajstić information content (AvgIpc) is 2.66. The van der Waals surface area contributed by atoms with E-state index in [0.717, 1.165) is 0 Å². The third-order valence-electron chi connectivity index (χ3n) is 2.69. The minimum atomic E-state index is -0.903. The summed E-state index contributed by atoms with van der Waals surface area (Å²) >= 11 is 11.4. The number of rotatable bonds is 4. The molecule has 6 nitrogen and oxygen atoms in total. The molecule has 20 heavy (non-hydrogen) atoms. The molecule has 0 saturated carbocycles. The van der Waals surface area contributed by atoms with Crippen molar-refractivity contribution in [3.05, 3.63) is 50.0 Å². The molecule has 1 aromatic carbocycles. The number of Topliss-reactive ketones (excluding diaryl/α,β-unsaturated/α-hetero) is 1. The third-order valence-corrected chi connectivity index (χ3v) is 3.58. The quantitative estimate of drug-likeness (QED) is 0.369. The van der Waals surface area contributed by atoms with E-state index in [1.54, 1.807) is 0 Å². The van der Waals surface area contributed by atoms with Crippen molar-refractivity contribution in [2.75, 3.05) is 0 Å². The zero-order valence-corrected chi connectivity index (χ0v) is 11.4. The summed E-state index contributed by atoms with van der Waals surface area (Å²) in [6.07, 6.45) is -1.07. The number of ketones is 1. The minimum absolute atomic E-state index is 0.00747. The van der Waals surface area contributed by atoms with Crippen LogP contribution in [0.5, 0.6) is 0 Å². The minimum Gasteiger partial charge on any atom is -0.452 e. The van der Waals surface area contributed by atoms with Crippen molar-refractivity contribution >= 4 is 40.6 Å². The fourth-order valence-corrected chi connectivity index (χ4v) is 2.02. The topological polar surface area (TPSA) is 86.5 Å². The number of benzene rings is 1. The van der Waals surface area contributed by atoms with Crippen LogP contribution in [0.15, 0.2) is 34.3 Å². The van der Waals surface area contributed by atoms with Gasteiger partial charge in [0.15, 0.2) is 5.78 Å². The largest absolute Gasteiger partial charge is 0.452 e. The molecule has 1 aliphatic rings. The first-order valence-electron chi connectivity index (χ1n) is 5.44. The predicted molar refractivity (Wildman–Crippen MR) is 70.7 cm³/mol. The number of hydrogen-bond donors (Lipinski definition) is 0. The van der Waals surface area contributed by atoms with Gasteiger partial charge in [0.25, 0.3) is 5.69 Å². The Morgan fingerprint density at radius 1 is 1.30 bits per heavy atom. The highest BCUT2D eigenvalue weighted by atomic mass is 35.5. The number of halogens is 2. The lowest BCUT2D eigenvalue weighted by Crippen LogP contribution is -2.15. The van der Waals surface area contributed by atoms with Crippen LogP contribution < -0.4 is 0 Å². The summed E-state index contributed by atoms with van der Waals surface area (Å²) in [6.45, 7) is 0. The molecule has 1 heterocycles. The van der Waals surface area contributed by atoms with Crippen molar-refractivity contribution in [1.82, 2.24) is 0 Å². The van der Waals surface area contributed by atoms with Gasteiger partial charge in [0.2, 0.25) is 0 Å². The van der Waals surface area contributed by atoms with Gasteiger partial charge < -0.3 is 4.74 Å². The van der Waals surface area contributed by atoms with Gasteiger partial charge in [-0.1, -0.05) is 23.2 Å². The zero-order valence-electron chi connectivity index (χ0n) is 9.84. The van der Waals surface area contributed by atoms with Crippen LogP contribution in [0, 0.1) is 10.1 Å². The van der Waals surface area contributed by atoms with E-state index in [0.29, 0.717) is 0 Å². The van der Waals surface area contributed by atoms with E-state index in [1.807, 2.05) is 0 Å². The Hall–Kier alpha value is -1.92. The number of non-ortho nitro benzene ring substituents is 1. The highest BCUT2D eigenvalue weighted by Crippen LogP contribution is 2.31. The fraction of sp³-hybridized carbons (Fsp3) is 0.167. The first-order valence-corrected chi connectivity index (χ1v) is 6.19. The lowest BCUT2D eigenvalue weighted by molar-refractivity contribution is -0.384. The van der Waals surface area contributed by atoms with Crippen LogP contribution in [0.4, 0.5) is 5.69 Å². The van der Waals surface area contributed by atoms with Gasteiger partial charge in [-0.15, -0.1) is 0 Å². The molecule has 0 N–H and O–H groups in total. The summed E-state index contributed by atoms with van der Waals surface area (Å²) in [5.74, 6) is -1.12. The second kappa shape index (κ2) is 5.60. The number of nitrogens with zero attached hydrogens (tertiary/aromatic N) is 1. The molecule has 0 radical (unpaired) electrons. The van der Waals surface area contributed by atoms with Gasteiger partial charge in [0.1, 0.15) is 11.1 Å². The van der Waals surface area contributed by atoms with E-state index < -0.39 is 17.0 Å². The molecule has 0 aliphatic carbocycles. The lowest BCUT2D eigenvalue weighted by Gasteiger charge is -2.09. The van der Waals surface area contributed by atoms with Crippen molar-refractivity contribution in [3.8, 4) is 0 Å². The molecule has 1 unspecified atom stereocenters. The summed E-state index contributed by atoms with van der Waals surface area (Å²) in [5, 5.41) is 10.3. The molecule has 0 saturated heterocycles. The van der Waals surface area contributed by atoms with Crippen molar-refractivity contribution in [3.63, 3.8) is 0 Å². The molecule has 1 atom stereocenters. The van der Waals surface area contributed by atoms with Gasteiger partial charge in [-0.25, -0.2) is 4.79 Å². The SMILES string of the molecule is O=C1OC(CC(=O)c2ccc([N+](=O)[O-])cc2)C(Cl)=C1Cl. The van der Waals surface area contributed by atoms with Crippen molar-refractivity contribution in [2.45, 2.75) is 12.5 Å². The number of carbonyl (C=O) groups excluding carboxylic acids is 2. The van der Waals surface area contributed by atoms with E-state index in [1.165, 1.54) is 24.3 Å². The molecule has 8 heteroatoms. The molecular weight excluding hydrogens is 309 g/mol. The maximum absolute atomic E-state index is 12.0. The molecule has 1 aliphatic heterocycles. The predicted octanol–water partition coefficient (Wildman–Crippen LogP) is 2.78. The summed E-state index contributed by atoms with van der Waals surface area (Å²) < 4.78 is 4.83. The monoisotopic (exact) mass is 315 g/mol. The summed E-state index contributed by atoms with van der Waals surface area (Å²) in [6, 6.07) is 5.10. The Morgan fingerprint density at radius 3 is 2.35 bits per heavy atom. The van der Waals surface area contributed by atoms with Gasteiger partial charge in [-0.05, 0) is 12.1 Å². The molecule has 2 rings (SSSR count). The van der Waals surface area contributed by atoms with Crippen LogP contribution in [0.3, 0.4) is 0 Å². The smallest absolute Gasteiger partial charge is 0.351 e. The Balaban J connectivity index is 2.10. The third kappa shape index (κ3) is 2.81. The van der Waals surface area contributed by atoms with Crippen LogP contribution in [-0.4, -0.2) is 22.8 Å². The maximum atomic E-state index is 12.0. The van der Waals surface area contributed by atoms with Crippen molar-refractivity contribution in [2.24, 2.45) is 0 Å². The lowest BCUT2D eigenvalue weighted by atomic mass is 10.0. The van der Waals surface area contributed by atoms with E-state index >= 15 is 0 Å². The first-order chi connectivity index (χ1) is 9.40. The van der Waals surface area contributed by atoms with Gasteiger partial charge in [0.05, 0.1) is 16.4 Å². The Bertz CT molecular complexity index is 623. The molecule has 104 valence electrons. The number of esters is 1. The summed E-state index contributed by atoms with van der Waals surface area (Å²) in [5.41, 5.74) is 0.147. The van der Waals surface area contributed by atoms with Crippen molar-refractivity contribution < 1.29 is 19.2 Å². The van der Waals surface area contributed by atoms with E-state index in [2.05, 4.69) is 0 Å². The highest BCUT2D eigenvalue weighted by Gasteiger charge is 2.33. The molecule has 0 bridgehead atoms. The fourth-order valence-electron chi connectivity index (χ4n) is 1.66. The number of nitro benzene ring substituents is 1. The van der Waals surface area contributed by atoms with E-state index in [-0.39, 0.29) is 33.5 Å². The van der Waals surface area contributed by atoms with Gasteiger partial charge >= 0.3 is 5.97 Å². The number of ether oxygens (including phenoxy) is 1. The summed E-state index contributed by atoms with van der Waals surface area (Å²) in [7, 11) is 0. The second-order valence-electron chi connectivity index (χ2n) is 3.99. The number of hydrogen-bond acceptors (Lipinski definition) is 5. The normalized spacial score (nSPS) is 18.1. The zero-order chi connectivity index (χ0) is 14.9. The molecule has 1 aromatic rings. The molecular formula is C12H7Cl2NO5. The van der Waals surface area contributed by atoms with Gasteiger partial charge in [-0.3, -0.25) is 14.9 Å². The van der Waals surface area contributed by atoms with Crippen molar-refractivity contribution in [1.29, 1.82) is 0 Å². The Labute approximate surface area is 123 Å². The Morgan fingerprint density at radius 2 is 1.90 bits per heavy atom.